The van der Waals surface area contributed by atoms with Gasteiger partial charge in [0.25, 0.3) is 5.91 Å². The number of hydrogen-bond donors (Lipinski definition) is 2. The van der Waals surface area contributed by atoms with Gasteiger partial charge in [-0.05, 0) is 76.3 Å². The van der Waals surface area contributed by atoms with Crippen LogP contribution in [0.2, 0.25) is 0 Å². The number of aromatic hydroxyl groups is 1. The molecule has 230 valence electrons. The Bertz CT molecular complexity index is 1630. The molecule has 0 radical (unpaired) electrons. The Kier molecular flexibility index (Phi) is 8.37. The van der Waals surface area contributed by atoms with Gasteiger partial charge in [0, 0.05) is 29.8 Å². The summed E-state index contributed by atoms with van der Waals surface area (Å²) < 4.78 is 31.2. The number of pyridine rings is 1. The summed E-state index contributed by atoms with van der Waals surface area (Å²) in [6.07, 6.45) is 2.26. The first kappa shape index (κ1) is 30.6. The summed E-state index contributed by atoms with van der Waals surface area (Å²) in [4.78, 5) is 33.1. The van der Waals surface area contributed by atoms with E-state index in [1.54, 1.807) is 24.3 Å². The molecule has 3 aromatic rings. The third-order valence-corrected chi connectivity index (χ3v) is 7.94. The van der Waals surface area contributed by atoms with E-state index in [9.17, 15) is 24.3 Å². The van der Waals surface area contributed by atoms with Crippen LogP contribution >= 0.6 is 0 Å². The second-order valence-electron chi connectivity index (χ2n) is 12.0. The van der Waals surface area contributed by atoms with Gasteiger partial charge in [-0.15, -0.1) is 0 Å². The lowest BCUT2D eigenvalue weighted by Crippen LogP contribution is -2.53. The number of carbonyl (C=O) groups excluding carboxylic acids is 2. The predicted molar refractivity (Wildman–Crippen MR) is 160 cm³/mol. The number of fused-ring (bicyclic) bond motifs is 2. The maximum absolute atomic E-state index is 14.8. The van der Waals surface area contributed by atoms with E-state index in [4.69, 9.17) is 19.2 Å². The lowest BCUT2D eigenvalue weighted by Gasteiger charge is -2.39. The third-order valence-electron chi connectivity index (χ3n) is 7.94. The first-order chi connectivity index (χ1) is 20.9. The molecule has 2 amide bonds. The number of halogens is 1. The summed E-state index contributed by atoms with van der Waals surface area (Å²) in [6, 6.07) is 11.9. The van der Waals surface area contributed by atoms with Crippen molar-refractivity contribution in [1.82, 2.24) is 15.2 Å². The summed E-state index contributed by atoms with van der Waals surface area (Å²) in [5.74, 6) is -0.599. The molecule has 2 aliphatic heterocycles. The highest BCUT2D eigenvalue weighted by atomic mass is 19.1. The van der Waals surface area contributed by atoms with Crippen molar-refractivity contribution in [3.8, 4) is 45.7 Å². The number of hydrogen-bond acceptors (Lipinski definition) is 8. The van der Waals surface area contributed by atoms with Crippen molar-refractivity contribution >= 4 is 12.0 Å². The standard InChI is InChI=1S/C33H35FN4O6/c1-33(2,3)44-32(41)36-21-14-22-9-10-23(15-21)38(22)31(40)25-16-28(43-5)29(18-8-11-27(42-4)26(39)13-18)30(37-25)19-6-7-20(17-35)24(34)12-19/h6-8,11-13,16,21-23,39H,9-10,14-15H2,1-5H3,(H,36,41). The van der Waals surface area contributed by atoms with Crippen molar-refractivity contribution in [2.75, 3.05) is 14.2 Å². The number of alkyl carbamates (subject to hydrolysis) is 1. The molecule has 10 nitrogen and oxygen atoms in total. The van der Waals surface area contributed by atoms with Crippen LogP contribution in [0.25, 0.3) is 22.4 Å². The normalized spacial score (nSPS) is 19.2. The number of phenolic OH excluding ortho intramolecular Hbond substituents is 1. The van der Waals surface area contributed by atoms with Crippen LogP contribution in [0, 0.1) is 17.1 Å². The molecule has 0 spiro atoms. The Morgan fingerprint density at radius 1 is 1.02 bits per heavy atom. The van der Waals surface area contributed by atoms with Gasteiger partial charge in [0.1, 0.15) is 28.9 Å². The molecule has 5 rings (SSSR count). The van der Waals surface area contributed by atoms with Crippen molar-refractivity contribution in [2.45, 2.75) is 70.2 Å². The number of piperidine rings is 1. The molecule has 0 aliphatic carbocycles. The number of benzene rings is 2. The second-order valence-corrected chi connectivity index (χ2v) is 12.0. The number of nitrogens with one attached hydrogen (secondary N) is 1. The number of nitrogens with zero attached hydrogens (tertiary/aromatic N) is 3. The van der Waals surface area contributed by atoms with E-state index in [-0.39, 0.29) is 52.5 Å². The Morgan fingerprint density at radius 3 is 2.25 bits per heavy atom. The average Bonchev–Trinajstić information content (AvgIpc) is 3.24. The number of methoxy groups -OCH3 is 2. The van der Waals surface area contributed by atoms with Gasteiger partial charge in [-0.1, -0.05) is 12.1 Å². The van der Waals surface area contributed by atoms with Crippen LogP contribution in [-0.2, 0) is 4.74 Å². The van der Waals surface area contributed by atoms with Gasteiger partial charge in [-0.2, -0.15) is 5.26 Å². The number of rotatable bonds is 6. The Hall–Kier alpha value is -4.85. The summed E-state index contributed by atoms with van der Waals surface area (Å²) in [5, 5.41) is 22.7. The van der Waals surface area contributed by atoms with Crippen LogP contribution in [0.1, 0.15) is 62.5 Å². The zero-order valence-corrected chi connectivity index (χ0v) is 25.3. The molecule has 0 saturated carbocycles. The van der Waals surface area contributed by atoms with Crippen LogP contribution in [0.5, 0.6) is 17.2 Å². The Balaban J connectivity index is 1.53. The number of phenols is 1. The number of amides is 2. The molecular weight excluding hydrogens is 567 g/mol. The number of nitriles is 1. The van der Waals surface area contributed by atoms with E-state index in [1.165, 1.54) is 32.4 Å². The fourth-order valence-corrected chi connectivity index (χ4v) is 6.11. The van der Waals surface area contributed by atoms with Gasteiger partial charge < -0.3 is 29.5 Å². The van der Waals surface area contributed by atoms with E-state index in [2.05, 4.69) is 5.32 Å². The maximum Gasteiger partial charge on any atom is 0.407 e. The van der Waals surface area contributed by atoms with Gasteiger partial charge in [0.15, 0.2) is 11.5 Å². The monoisotopic (exact) mass is 602 g/mol. The molecule has 11 heteroatoms. The molecule has 2 aliphatic rings. The summed E-state index contributed by atoms with van der Waals surface area (Å²) in [6.45, 7) is 5.42. The van der Waals surface area contributed by atoms with Crippen LogP contribution in [0.3, 0.4) is 0 Å². The first-order valence-electron chi connectivity index (χ1n) is 14.4. The zero-order valence-electron chi connectivity index (χ0n) is 25.3. The maximum atomic E-state index is 14.8. The van der Waals surface area contributed by atoms with Gasteiger partial charge in [-0.25, -0.2) is 14.2 Å². The molecule has 2 bridgehead atoms. The van der Waals surface area contributed by atoms with Crippen LogP contribution in [0.15, 0.2) is 42.5 Å². The molecular formula is C33H35FN4O6. The smallest absolute Gasteiger partial charge is 0.407 e. The van der Waals surface area contributed by atoms with Crippen molar-refractivity contribution in [2.24, 2.45) is 0 Å². The Labute approximate surface area is 255 Å². The van der Waals surface area contributed by atoms with Gasteiger partial charge in [0.2, 0.25) is 0 Å². The lowest BCUT2D eigenvalue weighted by atomic mass is 9.95. The Morgan fingerprint density at radius 2 is 1.68 bits per heavy atom. The molecule has 2 N–H and O–H groups in total. The average molecular weight is 603 g/mol. The van der Waals surface area contributed by atoms with Crippen LogP contribution in [-0.4, -0.2) is 64.9 Å². The summed E-state index contributed by atoms with van der Waals surface area (Å²) >= 11 is 0. The van der Waals surface area contributed by atoms with Gasteiger partial charge in [0.05, 0.1) is 31.0 Å². The molecule has 2 unspecified atom stereocenters. The van der Waals surface area contributed by atoms with Gasteiger partial charge in [-0.3, -0.25) is 4.79 Å². The number of ether oxygens (including phenoxy) is 3. The quantitative estimate of drug-likeness (QED) is 0.361. The minimum atomic E-state index is -0.733. The molecule has 1 aromatic heterocycles. The largest absolute Gasteiger partial charge is 0.504 e. The van der Waals surface area contributed by atoms with E-state index in [1.807, 2.05) is 31.7 Å². The zero-order chi connectivity index (χ0) is 31.8. The van der Waals surface area contributed by atoms with Crippen molar-refractivity contribution in [3.63, 3.8) is 0 Å². The minimum absolute atomic E-state index is 0.108. The van der Waals surface area contributed by atoms with Gasteiger partial charge >= 0.3 is 6.09 Å². The highest BCUT2D eigenvalue weighted by Crippen LogP contribution is 2.43. The van der Waals surface area contributed by atoms with E-state index in [0.29, 0.717) is 35.3 Å². The predicted octanol–water partition coefficient (Wildman–Crippen LogP) is 5.81. The van der Waals surface area contributed by atoms with Crippen molar-refractivity contribution in [1.29, 1.82) is 5.26 Å². The topological polar surface area (TPSA) is 134 Å². The van der Waals surface area contributed by atoms with E-state index in [0.717, 1.165) is 12.8 Å². The van der Waals surface area contributed by atoms with Crippen molar-refractivity contribution in [3.05, 3.63) is 59.5 Å². The first-order valence-corrected chi connectivity index (χ1v) is 14.4. The van der Waals surface area contributed by atoms with E-state index < -0.39 is 17.5 Å². The number of aromatic nitrogens is 1. The SMILES string of the molecule is COc1ccc(-c2c(OC)cc(C(=O)N3C4CCC3CC(NC(=O)OC(C)(C)C)C4)nc2-c2ccc(C#N)c(F)c2)cc1O. The third kappa shape index (κ3) is 6.11. The molecule has 2 atom stereocenters. The molecule has 2 saturated heterocycles. The summed E-state index contributed by atoms with van der Waals surface area (Å²) in [5.41, 5.74) is 0.860. The van der Waals surface area contributed by atoms with Crippen LogP contribution < -0.4 is 14.8 Å². The van der Waals surface area contributed by atoms with Crippen molar-refractivity contribution < 1.29 is 33.3 Å². The minimum Gasteiger partial charge on any atom is -0.504 e. The fourth-order valence-electron chi connectivity index (χ4n) is 6.11. The highest BCUT2D eigenvalue weighted by Gasteiger charge is 2.44. The molecule has 2 fully saturated rings. The second kappa shape index (κ2) is 12.0. The highest BCUT2D eigenvalue weighted by molar-refractivity contribution is 5.97. The molecule has 3 heterocycles. The molecule has 44 heavy (non-hydrogen) atoms. The molecule has 2 aromatic carbocycles. The lowest BCUT2D eigenvalue weighted by molar-refractivity contribution is 0.0416. The van der Waals surface area contributed by atoms with E-state index >= 15 is 0 Å². The van der Waals surface area contributed by atoms with Crippen LogP contribution in [0.4, 0.5) is 9.18 Å². The fraction of sp³-hybridized carbons (Fsp3) is 0.394. The number of carbonyl (C=O) groups is 2. The summed E-state index contributed by atoms with van der Waals surface area (Å²) in [7, 11) is 2.89.